The van der Waals surface area contributed by atoms with Gasteiger partial charge in [0.1, 0.15) is 0 Å². The van der Waals surface area contributed by atoms with Crippen LogP contribution < -0.4 is 10.6 Å². The number of hydrogen-bond donors (Lipinski definition) is 2. The van der Waals surface area contributed by atoms with Gasteiger partial charge in [-0.2, -0.15) is 5.10 Å². The van der Waals surface area contributed by atoms with E-state index in [2.05, 4.69) is 15.4 Å². The van der Waals surface area contributed by atoms with Gasteiger partial charge in [-0.05, 0) is 6.07 Å². The van der Waals surface area contributed by atoms with Gasteiger partial charge in [-0.3, -0.25) is 0 Å². The van der Waals surface area contributed by atoms with Crippen molar-refractivity contribution < 1.29 is 14.7 Å². The SMILES string of the molecule is COCCN(CCOC)c1nnccc1/C(N)=N/O. The molecule has 19 heavy (non-hydrogen) atoms. The molecule has 8 nitrogen and oxygen atoms in total. The molecule has 0 spiro atoms. The monoisotopic (exact) mass is 269 g/mol. The Morgan fingerprint density at radius 3 is 2.53 bits per heavy atom. The number of nitrogens with two attached hydrogens (primary N) is 1. The topological polar surface area (TPSA) is 106 Å². The highest BCUT2D eigenvalue weighted by Gasteiger charge is 2.15. The number of oxime groups is 1. The van der Waals surface area contributed by atoms with E-state index in [1.807, 2.05) is 4.90 Å². The first kappa shape index (κ1) is 15.1. The Kier molecular flexibility index (Phi) is 6.55. The lowest BCUT2D eigenvalue weighted by Crippen LogP contribution is -2.33. The summed E-state index contributed by atoms with van der Waals surface area (Å²) >= 11 is 0. The van der Waals surface area contributed by atoms with Crippen molar-refractivity contribution >= 4 is 11.7 Å². The average Bonchev–Trinajstić information content (AvgIpc) is 2.47. The summed E-state index contributed by atoms with van der Waals surface area (Å²) in [6, 6.07) is 1.64. The summed E-state index contributed by atoms with van der Waals surface area (Å²) in [7, 11) is 3.24. The van der Waals surface area contributed by atoms with E-state index in [0.717, 1.165) is 0 Å². The van der Waals surface area contributed by atoms with Crippen molar-refractivity contribution in [2.45, 2.75) is 0 Å². The highest BCUT2D eigenvalue weighted by Crippen LogP contribution is 2.15. The van der Waals surface area contributed by atoms with Crippen molar-refractivity contribution in [3.63, 3.8) is 0 Å². The standard InChI is InChI=1S/C11H19N5O3/c1-18-7-5-16(6-8-19-2)11-9(10(12)15-17)3-4-13-14-11/h3-4,17H,5-8H2,1-2H3,(H2,12,15). The van der Waals surface area contributed by atoms with Gasteiger partial charge in [0.05, 0.1) is 25.0 Å². The van der Waals surface area contributed by atoms with Crippen molar-refractivity contribution in [3.8, 4) is 0 Å². The lowest BCUT2D eigenvalue weighted by atomic mass is 10.2. The molecule has 1 aromatic heterocycles. The third-order valence-electron chi connectivity index (χ3n) is 2.52. The first-order chi connectivity index (χ1) is 9.24. The van der Waals surface area contributed by atoms with Crippen molar-refractivity contribution in [2.75, 3.05) is 45.4 Å². The van der Waals surface area contributed by atoms with Crippen molar-refractivity contribution in [3.05, 3.63) is 17.8 Å². The number of aromatic nitrogens is 2. The van der Waals surface area contributed by atoms with E-state index in [4.69, 9.17) is 20.4 Å². The molecule has 0 aliphatic rings. The highest BCUT2D eigenvalue weighted by molar-refractivity contribution is 6.01. The maximum absolute atomic E-state index is 8.79. The van der Waals surface area contributed by atoms with E-state index in [1.54, 1.807) is 20.3 Å². The third kappa shape index (κ3) is 4.34. The minimum Gasteiger partial charge on any atom is -0.409 e. The molecule has 0 radical (unpaired) electrons. The lowest BCUT2D eigenvalue weighted by Gasteiger charge is -2.24. The Balaban J connectivity index is 2.99. The van der Waals surface area contributed by atoms with Gasteiger partial charge in [0.25, 0.3) is 0 Å². The van der Waals surface area contributed by atoms with E-state index < -0.39 is 0 Å². The summed E-state index contributed by atoms with van der Waals surface area (Å²) in [5.74, 6) is 0.525. The molecule has 0 amide bonds. The Morgan fingerprint density at radius 1 is 1.37 bits per heavy atom. The Morgan fingerprint density at radius 2 is 2.00 bits per heavy atom. The quantitative estimate of drug-likeness (QED) is 0.288. The average molecular weight is 269 g/mol. The molecule has 0 aliphatic heterocycles. The largest absolute Gasteiger partial charge is 0.409 e. The fraction of sp³-hybridized carbons (Fsp3) is 0.545. The minimum atomic E-state index is -0.00951. The van der Waals surface area contributed by atoms with E-state index >= 15 is 0 Å². The molecule has 0 saturated heterocycles. The number of anilines is 1. The van der Waals surface area contributed by atoms with Gasteiger partial charge in [-0.15, -0.1) is 5.10 Å². The molecule has 1 rings (SSSR count). The van der Waals surface area contributed by atoms with Crippen molar-refractivity contribution in [1.82, 2.24) is 10.2 Å². The minimum absolute atomic E-state index is 0.00951. The zero-order valence-electron chi connectivity index (χ0n) is 11.1. The highest BCUT2D eigenvalue weighted by atomic mass is 16.5. The number of ether oxygens (including phenoxy) is 2. The second-order valence-electron chi connectivity index (χ2n) is 3.73. The second kappa shape index (κ2) is 8.22. The van der Waals surface area contributed by atoms with Crippen LogP contribution in [0.2, 0.25) is 0 Å². The fourth-order valence-corrected chi connectivity index (χ4v) is 1.54. The lowest BCUT2D eigenvalue weighted by molar-refractivity contribution is 0.190. The molecular formula is C11H19N5O3. The van der Waals surface area contributed by atoms with Crippen LogP contribution in [0.5, 0.6) is 0 Å². The van der Waals surface area contributed by atoms with E-state index in [9.17, 15) is 0 Å². The molecule has 0 bridgehead atoms. The van der Waals surface area contributed by atoms with Gasteiger partial charge in [0.2, 0.25) is 0 Å². The summed E-state index contributed by atoms with van der Waals surface area (Å²) in [6.07, 6.45) is 1.49. The summed E-state index contributed by atoms with van der Waals surface area (Å²) < 4.78 is 10.1. The zero-order chi connectivity index (χ0) is 14.1. The number of hydrogen-bond acceptors (Lipinski definition) is 7. The number of rotatable bonds is 8. The molecule has 3 N–H and O–H groups in total. The van der Waals surface area contributed by atoms with Gasteiger partial charge in [-0.25, -0.2) is 0 Å². The Labute approximate surface area is 111 Å². The van der Waals surface area contributed by atoms with Gasteiger partial charge in [0, 0.05) is 27.3 Å². The second-order valence-corrected chi connectivity index (χ2v) is 3.73. The van der Waals surface area contributed by atoms with Crippen LogP contribution >= 0.6 is 0 Å². The zero-order valence-corrected chi connectivity index (χ0v) is 11.1. The predicted octanol–water partition coefficient (Wildman–Crippen LogP) is -0.330. The van der Waals surface area contributed by atoms with Gasteiger partial charge >= 0.3 is 0 Å². The first-order valence-electron chi connectivity index (χ1n) is 5.77. The molecule has 0 aromatic carbocycles. The van der Waals surface area contributed by atoms with Gasteiger partial charge in [0.15, 0.2) is 11.7 Å². The normalized spacial score (nSPS) is 11.6. The summed E-state index contributed by atoms with van der Waals surface area (Å²) in [5, 5.41) is 19.7. The fourth-order valence-electron chi connectivity index (χ4n) is 1.54. The van der Waals surface area contributed by atoms with E-state index in [-0.39, 0.29) is 5.84 Å². The molecule has 0 unspecified atom stereocenters. The van der Waals surface area contributed by atoms with Crippen molar-refractivity contribution in [1.29, 1.82) is 0 Å². The Bertz CT molecular complexity index is 405. The molecule has 0 saturated carbocycles. The molecule has 1 aromatic rings. The van der Waals surface area contributed by atoms with Crippen LogP contribution in [0.15, 0.2) is 17.4 Å². The van der Waals surface area contributed by atoms with Crippen LogP contribution in [-0.4, -0.2) is 61.8 Å². The molecule has 0 atom stereocenters. The number of amidine groups is 1. The van der Waals surface area contributed by atoms with Crippen LogP contribution in [0, 0.1) is 0 Å². The predicted molar refractivity (Wildman–Crippen MR) is 70.5 cm³/mol. The molecule has 106 valence electrons. The van der Waals surface area contributed by atoms with Crippen LogP contribution in [0.3, 0.4) is 0 Å². The van der Waals surface area contributed by atoms with Gasteiger partial charge < -0.3 is 25.3 Å². The summed E-state index contributed by atoms with van der Waals surface area (Å²) in [4.78, 5) is 1.91. The Hall–Kier alpha value is -1.93. The third-order valence-corrected chi connectivity index (χ3v) is 2.52. The van der Waals surface area contributed by atoms with Crippen LogP contribution in [0.4, 0.5) is 5.82 Å². The van der Waals surface area contributed by atoms with Gasteiger partial charge in [-0.1, -0.05) is 5.16 Å². The first-order valence-corrected chi connectivity index (χ1v) is 5.77. The summed E-state index contributed by atoms with van der Waals surface area (Å²) in [5.41, 5.74) is 6.15. The van der Waals surface area contributed by atoms with Crippen LogP contribution in [-0.2, 0) is 9.47 Å². The summed E-state index contributed by atoms with van der Waals surface area (Å²) in [6.45, 7) is 2.25. The molecule has 0 aliphatic carbocycles. The molecule has 8 heteroatoms. The van der Waals surface area contributed by atoms with E-state index in [0.29, 0.717) is 37.7 Å². The molecule has 0 fully saturated rings. The smallest absolute Gasteiger partial charge is 0.173 e. The molecule has 1 heterocycles. The van der Waals surface area contributed by atoms with Crippen LogP contribution in [0.1, 0.15) is 5.56 Å². The maximum Gasteiger partial charge on any atom is 0.173 e. The van der Waals surface area contributed by atoms with E-state index in [1.165, 1.54) is 6.20 Å². The molecular weight excluding hydrogens is 250 g/mol. The maximum atomic E-state index is 8.79. The van der Waals surface area contributed by atoms with Crippen LogP contribution in [0.25, 0.3) is 0 Å². The number of nitrogens with zero attached hydrogens (tertiary/aromatic N) is 4. The number of methoxy groups -OCH3 is 2. The van der Waals surface area contributed by atoms with Crippen molar-refractivity contribution in [2.24, 2.45) is 10.9 Å².